The molecule has 0 aliphatic carbocycles. The van der Waals surface area contributed by atoms with Crippen molar-refractivity contribution in [2.75, 3.05) is 20.3 Å². The van der Waals surface area contributed by atoms with Crippen molar-refractivity contribution in [3.63, 3.8) is 0 Å². The first kappa shape index (κ1) is 12.5. The lowest BCUT2D eigenvalue weighted by molar-refractivity contribution is 0.0610. The monoisotopic (exact) mass is 249 g/mol. The second-order valence-corrected chi connectivity index (χ2v) is 3.96. The number of aliphatic hydroxyl groups is 1. The fourth-order valence-electron chi connectivity index (χ4n) is 1.72. The van der Waals surface area contributed by atoms with Gasteiger partial charge in [-0.05, 0) is 6.07 Å². The van der Waals surface area contributed by atoms with Crippen molar-refractivity contribution in [2.24, 2.45) is 0 Å². The lowest BCUT2D eigenvalue weighted by Crippen LogP contribution is -2.34. The number of aliphatic hydroxyl groups excluding tert-OH is 1. The number of hydrogen-bond donors (Lipinski definition) is 3. The number of rotatable bonds is 5. The molecule has 1 amide bonds. The lowest BCUT2D eigenvalue weighted by Gasteiger charge is -2.11. The molecule has 0 aliphatic heterocycles. The highest BCUT2D eigenvalue weighted by molar-refractivity contribution is 6.05. The number of hydrogen-bond acceptors (Lipinski definition) is 4. The van der Waals surface area contributed by atoms with Gasteiger partial charge in [0.05, 0.1) is 30.0 Å². The van der Waals surface area contributed by atoms with E-state index in [-0.39, 0.29) is 19.1 Å². The molecule has 0 fully saturated rings. The molecule has 1 aromatic carbocycles. The Labute approximate surface area is 104 Å². The summed E-state index contributed by atoms with van der Waals surface area (Å²) in [5, 5.41) is 19.7. The van der Waals surface area contributed by atoms with Crippen LogP contribution in [0.5, 0.6) is 0 Å². The van der Waals surface area contributed by atoms with Crippen molar-refractivity contribution in [1.29, 1.82) is 0 Å². The Hall–Kier alpha value is -1.92. The molecule has 1 aromatic heterocycles. The van der Waals surface area contributed by atoms with E-state index in [1.807, 2.05) is 6.07 Å². The van der Waals surface area contributed by atoms with Crippen LogP contribution in [-0.4, -0.2) is 47.6 Å². The van der Waals surface area contributed by atoms with Crippen molar-refractivity contribution in [3.05, 3.63) is 30.0 Å². The van der Waals surface area contributed by atoms with Crippen LogP contribution in [0.3, 0.4) is 0 Å². The molecule has 1 heterocycles. The van der Waals surface area contributed by atoms with Crippen LogP contribution < -0.4 is 5.32 Å². The van der Waals surface area contributed by atoms with Gasteiger partial charge < -0.3 is 15.2 Å². The predicted octanol–water partition coefficient (Wildman–Crippen LogP) is 0.300. The third-order valence-electron chi connectivity index (χ3n) is 2.58. The number of nitrogens with zero attached hydrogens (tertiary/aromatic N) is 1. The lowest BCUT2D eigenvalue weighted by atomic mass is 10.1. The van der Waals surface area contributed by atoms with Crippen LogP contribution in [0.2, 0.25) is 0 Å². The van der Waals surface area contributed by atoms with Crippen molar-refractivity contribution in [2.45, 2.75) is 6.10 Å². The van der Waals surface area contributed by atoms with Crippen molar-refractivity contribution in [1.82, 2.24) is 15.5 Å². The summed E-state index contributed by atoms with van der Waals surface area (Å²) in [7, 11) is 1.50. The maximum atomic E-state index is 12.0. The van der Waals surface area contributed by atoms with Gasteiger partial charge in [-0.2, -0.15) is 5.10 Å². The maximum Gasteiger partial charge on any atom is 0.253 e. The van der Waals surface area contributed by atoms with Crippen LogP contribution in [0.25, 0.3) is 10.9 Å². The van der Waals surface area contributed by atoms with Crippen LogP contribution in [0, 0.1) is 0 Å². The Morgan fingerprint density at radius 2 is 2.44 bits per heavy atom. The minimum absolute atomic E-state index is 0.150. The number of methoxy groups -OCH3 is 1. The highest BCUT2D eigenvalue weighted by Crippen LogP contribution is 2.15. The van der Waals surface area contributed by atoms with Gasteiger partial charge in [0.2, 0.25) is 0 Å². The summed E-state index contributed by atoms with van der Waals surface area (Å²) in [5.41, 5.74) is 1.20. The molecule has 6 heteroatoms. The average molecular weight is 249 g/mol. The Kier molecular flexibility index (Phi) is 3.91. The van der Waals surface area contributed by atoms with E-state index in [4.69, 9.17) is 4.74 Å². The van der Waals surface area contributed by atoms with E-state index >= 15 is 0 Å². The van der Waals surface area contributed by atoms with Crippen molar-refractivity contribution in [3.8, 4) is 0 Å². The number of carbonyl (C=O) groups excluding carboxylic acids is 1. The number of H-pyrrole nitrogens is 1. The summed E-state index contributed by atoms with van der Waals surface area (Å²) in [4.78, 5) is 12.0. The highest BCUT2D eigenvalue weighted by Gasteiger charge is 2.12. The second-order valence-electron chi connectivity index (χ2n) is 3.96. The highest BCUT2D eigenvalue weighted by atomic mass is 16.5. The first-order valence-corrected chi connectivity index (χ1v) is 5.59. The molecule has 18 heavy (non-hydrogen) atoms. The Morgan fingerprint density at radius 3 is 3.22 bits per heavy atom. The predicted molar refractivity (Wildman–Crippen MR) is 66.3 cm³/mol. The summed E-state index contributed by atoms with van der Waals surface area (Å²) in [6, 6.07) is 5.37. The number of ether oxygens (including phenoxy) is 1. The molecule has 0 saturated heterocycles. The molecule has 0 radical (unpaired) electrons. The first-order chi connectivity index (χ1) is 8.72. The number of para-hydroxylation sites is 1. The molecule has 2 rings (SSSR count). The third-order valence-corrected chi connectivity index (χ3v) is 2.58. The molecular weight excluding hydrogens is 234 g/mol. The van der Waals surface area contributed by atoms with E-state index in [1.165, 1.54) is 7.11 Å². The Morgan fingerprint density at radius 1 is 1.61 bits per heavy atom. The number of aromatic amines is 1. The zero-order chi connectivity index (χ0) is 13.0. The topological polar surface area (TPSA) is 87.2 Å². The molecule has 0 spiro atoms. The molecule has 96 valence electrons. The zero-order valence-corrected chi connectivity index (χ0v) is 10.0. The Balaban J connectivity index is 2.07. The fraction of sp³-hybridized carbons (Fsp3) is 0.333. The fourth-order valence-corrected chi connectivity index (χ4v) is 1.72. The molecular formula is C12H15N3O3. The van der Waals surface area contributed by atoms with E-state index in [0.717, 1.165) is 5.39 Å². The number of fused-ring (bicyclic) bond motifs is 1. The summed E-state index contributed by atoms with van der Waals surface area (Å²) >= 11 is 0. The molecule has 0 saturated carbocycles. The molecule has 6 nitrogen and oxygen atoms in total. The summed E-state index contributed by atoms with van der Waals surface area (Å²) in [5.74, 6) is -0.250. The van der Waals surface area contributed by atoms with E-state index in [9.17, 15) is 9.90 Å². The number of amides is 1. The zero-order valence-electron chi connectivity index (χ0n) is 10.0. The Bertz CT molecular complexity index is 538. The summed E-state index contributed by atoms with van der Waals surface area (Å²) in [6.07, 6.45) is 0.950. The van der Waals surface area contributed by atoms with Gasteiger partial charge in [0.15, 0.2) is 0 Å². The molecule has 0 bridgehead atoms. The molecule has 3 N–H and O–H groups in total. The SMILES string of the molecule is COCC(O)CNC(=O)c1cccc2cn[nH]c12. The van der Waals surface area contributed by atoms with Crippen LogP contribution >= 0.6 is 0 Å². The van der Waals surface area contributed by atoms with E-state index < -0.39 is 6.10 Å². The minimum atomic E-state index is -0.708. The summed E-state index contributed by atoms with van der Waals surface area (Å²) in [6.45, 7) is 0.339. The standard InChI is InChI=1S/C12H15N3O3/c1-18-7-9(16)6-13-12(17)10-4-2-3-8-5-14-15-11(8)10/h2-5,9,16H,6-7H2,1H3,(H,13,17)(H,14,15). The smallest absolute Gasteiger partial charge is 0.253 e. The maximum absolute atomic E-state index is 12.0. The normalized spacial score (nSPS) is 12.6. The summed E-state index contributed by atoms with van der Waals surface area (Å²) < 4.78 is 4.78. The van der Waals surface area contributed by atoms with Gasteiger partial charge >= 0.3 is 0 Å². The van der Waals surface area contributed by atoms with Crippen LogP contribution in [0.1, 0.15) is 10.4 Å². The second kappa shape index (κ2) is 5.61. The van der Waals surface area contributed by atoms with Crippen LogP contribution in [-0.2, 0) is 4.74 Å². The first-order valence-electron chi connectivity index (χ1n) is 5.59. The van der Waals surface area contributed by atoms with E-state index in [2.05, 4.69) is 15.5 Å². The van der Waals surface area contributed by atoms with Crippen LogP contribution in [0.15, 0.2) is 24.4 Å². The average Bonchev–Trinajstić information content (AvgIpc) is 2.84. The molecule has 1 unspecified atom stereocenters. The van der Waals surface area contributed by atoms with Crippen LogP contribution in [0.4, 0.5) is 0 Å². The quantitative estimate of drug-likeness (QED) is 0.711. The van der Waals surface area contributed by atoms with Gasteiger partial charge in [-0.1, -0.05) is 12.1 Å². The van der Waals surface area contributed by atoms with Gasteiger partial charge in [-0.25, -0.2) is 0 Å². The number of carbonyl (C=O) groups is 1. The van der Waals surface area contributed by atoms with Gasteiger partial charge in [0.1, 0.15) is 0 Å². The van der Waals surface area contributed by atoms with Gasteiger partial charge in [-0.15, -0.1) is 0 Å². The van der Waals surface area contributed by atoms with Gasteiger partial charge in [0.25, 0.3) is 5.91 Å². The number of nitrogens with one attached hydrogen (secondary N) is 2. The van der Waals surface area contributed by atoms with E-state index in [1.54, 1.807) is 18.3 Å². The number of benzene rings is 1. The van der Waals surface area contributed by atoms with Crippen molar-refractivity contribution < 1.29 is 14.6 Å². The number of aromatic nitrogens is 2. The molecule has 2 aromatic rings. The van der Waals surface area contributed by atoms with E-state index in [0.29, 0.717) is 11.1 Å². The minimum Gasteiger partial charge on any atom is -0.389 e. The third kappa shape index (κ3) is 2.66. The van der Waals surface area contributed by atoms with Gasteiger partial charge in [-0.3, -0.25) is 9.89 Å². The van der Waals surface area contributed by atoms with Gasteiger partial charge in [0, 0.05) is 19.0 Å². The largest absolute Gasteiger partial charge is 0.389 e. The van der Waals surface area contributed by atoms with Crippen molar-refractivity contribution >= 4 is 16.8 Å². The molecule has 0 aliphatic rings. The molecule has 1 atom stereocenters.